The average molecular weight is 383 g/mol. The van der Waals surface area contributed by atoms with E-state index < -0.39 is 0 Å². The van der Waals surface area contributed by atoms with Crippen molar-refractivity contribution in [2.24, 2.45) is 0 Å². The van der Waals surface area contributed by atoms with Gasteiger partial charge in [-0.2, -0.15) is 0 Å². The number of nitrogens with zero attached hydrogens (tertiary/aromatic N) is 3. The fourth-order valence-electron chi connectivity index (χ4n) is 2.24. The van der Waals surface area contributed by atoms with Gasteiger partial charge in [-0.05, 0) is 36.4 Å². The summed E-state index contributed by atoms with van der Waals surface area (Å²) in [7, 11) is 1.92. The van der Waals surface area contributed by atoms with Gasteiger partial charge in [0.15, 0.2) is 0 Å². The third-order valence-corrected chi connectivity index (χ3v) is 4.01. The van der Waals surface area contributed by atoms with Crippen molar-refractivity contribution in [3.05, 3.63) is 77.3 Å². The van der Waals surface area contributed by atoms with E-state index in [4.69, 9.17) is 0 Å². The van der Waals surface area contributed by atoms with Crippen LogP contribution in [0.1, 0.15) is 10.4 Å². The lowest BCUT2D eigenvalue weighted by atomic mass is 10.2. The highest BCUT2D eigenvalue weighted by Gasteiger charge is 2.09. The first-order valence-electron chi connectivity index (χ1n) is 7.29. The summed E-state index contributed by atoms with van der Waals surface area (Å²) < 4.78 is 0.868. The molecule has 0 saturated heterocycles. The minimum absolute atomic E-state index is 0.154. The largest absolute Gasteiger partial charge is 0.342 e. The number of amides is 1. The Balaban J connectivity index is 1.79. The molecule has 0 bridgehead atoms. The van der Waals surface area contributed by atoms with Crippen molar-refractivity contribution in [2.45, 2.75) is 0 Å². The highest BCUT2D eigenvalue weighted by molar-refractivity contribution is 9.10. The lowest BCUT2D eigenvalue weighted by Crippen LogP contribution is -2.13. The van der Waals surface area contributed by atoms with Crippen LogP contribution in [0.4, 0.5) is 17.1 Å². The van der Waals surface area contributed by atoms with E-state index in [1.165, 1.54) is 6.33 Å². The maximum atomic E-state index is 12.4. The highest BCUT2D eigenvalue weighted by atomic mass is 79.9. The minimum atomic E-state index is -0.154. The van der Waals surface area contributed by atoms with Crippen LogP contribution in [0.2, 0.25) is 0 Å². The van der Waals surface area contributed by atoms with Gasteiger partial charge in [0, 0.05) is 28.5 Å². The molecule has 6 heteroatoms. The van der Waals surface area contributed by atoms with Gasteiger partial charge >= 0.3 is 0 Å². The number of rotatable bonds is 4. The third-order valence-electron chi connectivity index (χ3n) is 3.51. The Morgan fingerprint density at radius 3 is 2.54 bits per heavy atom. The van der Waals surface area contributed by atoms with Crippen LogP contribution in [0.25, 0.3) is 0 Å². The Hall–Kier alpha value is -2.73. The summed E-state index contributed by atoms with van der Waals surface area (Å²) in [5.41, 5.74) is 3.12. The zero-order chi connectivity index (χ0) is 16.9. The number of nitrogens with one attached hydrogen (secondary N) is 1. The van der Waals surface area contributed by atoms with E-state index in [0.717, 1.165) is 21.5 Å². The zero-order valence-electron chi connectivity index (χ0n) is 13.0. The van der Waals surface area contributed by atoms with Gasteiger partial charge in [-0.1, -0.05) is 28.1 Å². The van der Waals surface area contributed by atoms with Crippen molar-refractivity contribution in [1.29, 1.82) is 0 Å². The van der Waals surface area contributed by atoms with E-state index in [-0.39, 0.29) is 5.91 Å². The molecule has 2 aromatic carbocycles. The van der Waals surface area contributed by atoms with Crippen molar-refractivity contribution in [3.8, 4) is 0 Å². The fourth-order valence-corrected chi connectivity index (χ4v) is 2.64. The van der Waals surface area contributed by atoms with E-state index in [9.17, 15) is 4.79 Å². The van der Waals surface area contributed by atoms with Gasteiger partial charge in [0.1, 0.15) is 6.33 Å². The predicted molar refractivity (Wildman–Crippen MR) is 98.6 cm³/mol. The second-order valence-electron chi connectivity index (χ2n) is 5.17. The SMILES string of the molecule is CN(c1cncnc1)c1cccc(NC(=O)c2cccc(Br)c2)c1. The summed E-state index contributed by atoms with van der Waals surface area (Å²) in [6, 6.07) is 14.9. The summed E-state index contributed by atoms with van der Waals surface area (Å²) in [6.45, 7) is 0. The van der Waals surface area contributed by atoms with Crippen LogP contribution in [0.15, 0.2) is 71.7 Å². The fraction of sp³-hybridized carbons (Fsp3) is 0.0556. The van der Waals surface area contributed by atoms with Gasteiger partial charge in [-0.15, -0.1) is 0 Å². The summed E-state index contributed by atoms with van der Waals surface area (Å²) in [4.78, 5) is 22.4. The van der Waals surface area contributed by atoms with Gasteiger partial charge in [-0.25, -0.2) is 9.97 Å². The summed E-state index contributed by atoms with van der Waals surface area (Å²) in [5, 5.41) is 2.91. The van der Waals surface area contributed by atoms with E-state index in [0.29, 0.717) is 5.56 Å². The van der Waals surface area contributed by atoms with E-state index in [1.807, 2.05) is 48.3 Å². The van der Waals surface area contributed by atoms with Crippen LogP contribution in [0, 0.1) is 0 Å². The monoisotopic (exact) mass is 382 g/mol. The first kappa shape index (κ1) is 16.1. The Kier molecular flexibility index (Phi) is 4.86. The van der Waals surface area contributed by atoms with Crippen molar-refractivity contribution in [2.75, 3.05) is 17.3 Å². The highest BCUT2D eigenvalue weighted by Crippen LogP contribution is 2.25. The van der Waals surface area contributed by atoms with Crippen LogP contribution < -0.4 is 10.2 Å². The molecule has 0 atom stereocenters. The molecule has 3 aromatic rings. The molecular formula is C18H15BrN4O. The smallest absolute Gasteiger partial charge is 0.255 e. The summed E-state index contributed by atoms with van der Waals surface area (Å²) in [5.74, 6) is -0.154. The summed E-state index contributed by atoms with van der Waals surface area (Å²) >= 11 is 3.37. The molecule has 3 rings (SSSR count). The predicted octanol–water partition coefficient (Wildman–Crippen LogP) is 4.26. The van der Waals surface area contributed by atoms with E-state index >= 15 is 0 Å². The van der Waals surface area contributed by atoms with Crippen LogP contribution in [0.5, 0.6) is 0 Å². The number of hydrogen-bond donors (Lipinski definition) is 1. The topological polar surface area (TPSA) is 58.1 Å². The van der Waals surface area contributed by atoms with Gasteiger partial charge in [0.25, 0.3) is 5.91 Å². The molecular weight excluding hydrogens is 368 g/mol. The summed E-state index contributed by atoms with van der Waals surface area (Å²) in [6.07, 6.45) is 4.96. The van der Waals surface area contributed by atoms with Gasteiger partial charge in [0.05, 0.1) is 18.1 Å². The molecule has 1 heterocycles. The van der Waals surface area contributed by atoms with Crippen LogP contribution in [-0.2, 0) is 0 Å². The van der Waals surface area contributed by atoms with E-state index in [2.05, 4.69) is 31.2 Å². The molecule has 5 nitrogen and oxygen atoms in total. The first-order chi connectivity index (χ1) is 11.6. The minimum Gasteiger partial charge on any atom is -0.342 e. The van der Waals surface area contributed by atoms with Crippen molar-refractivity contribution in [1.82, 2.24) is 9.97 Å². The molecule has 0 aliphatic heterocycles. The van der Waals surface area contributed by atoms with Crippen molar-refractivity contribution < 1.29 is 4.79 Å². The lowest BCUT2D eigenvalue weighted by Gasteiger charge is -2.19. The maximum absolute atomic E-state index is 12.4. The Morgan fingerprint density at radius 1 is 1.04 bits per heavy atom. The van der Waals surface area contributed by atoms with Crippen molar-refractivity contribution in [3.63, 3.8) is 0 Å². The van der Waals surface area contributed by atoms with Gasteiger partial charge in [-0.3, -0.25) is 4.79 Å². The molecule has 0 aliphatic rings. The molecule has 1 amide bonds. The quantitative estimate of drug-likeness (QED) is 0.732. The van der Waals surface area contributed by atoms with Gasteiger partial charge in [0.2, 0.25) is 0 Å². The van der Waals surface area contributed by atoms with E-state index in [1.54, 1.807) is 24.5 Å². The molecule has 0 aliphatic carbocycles. The number of aromatic nitrogens is 2. The Labute approximate surface area is 148 Å². The number of benzene rings is 2. The second kappa shape index (κ2) is 7.23. The number of anilines is 3. The van der Waals surface area contributed by atoms with Gasteiger partial charge < -0.3 is 10.2 Å². The molecule has 120 valence electrons. The Bertz CT molecular complexity index is 854. The zero-order valence-corrected chi connectivity index (χ0v) is 14.6. The molecule has 0 fully saturated rings. The Morgan fingerprint density at radius 2 is 1.79 bits per heavy atom. The molecule has 0 spiro atoms. The van der Waals surface area contributed by atoms with Crippen LogP contribution >= 0.6 is 15.9 Å². The molecule has 1 N–H and O–H groups in total. The number of carbonyl (C=O) groups excluding carboxylic acids is 1. The second-order valence-corrected chi connectivity index (χ2v) is 6.09. The number of halogens is 1. The molecule has 0 unspecified atom stereocenters. The first-order valence-corrected chi connectivity index (χ1v) is 8.08. The lowest BCUT2D eigenvalue weighted by molar-refractivity contribution is 0.102. The normalized spacial score (nSPS) is 10.2. The molecule has 0 radical (unpaired) electrons. The third kappa shape index (κ3) is 3.78. The average Bonchev–Trinajstić information content (AvgIpc) is 2.62. The number of carbonyl (C=O) groups is 1. The van der Waals surface area contributed by atoms with Crippen LogP contribution in [0.3, 0.4) is 0 Å². The maximum Gasteiger partial charge on any atom is 0.255 e. The molecule has 0 saturated carbocycles. The van der Waals surface area contributed by atoms with Crippen LogP contribution in [-0.4, -0.2) is 22.9 Å². The van der Waals surface area contributed by atoms with Crippen molar-refractivity contribution >= 4 is 38.9 Å². The molecule has 1 aromatic heterocycles. The molecule has 24 heavy (non-hydrogen) atoms. The standard InChI is InChI=1S/C18H15BrN4O/c1-23(17-10-20-12-21-11-17)16-7-3-6-15(9-16)22-18(24)13-4-2-5-14(19)8-13/h2-12H,1H3,(H,22,24). The number of hydrogen-bond acceptors (Lipinski definition) is 4.